The number of halogens is 1. The van der Waals surface area contributed by atoms with Crippen LogP contribution in [0.1, 0.15) is 21.6 Å². The molecular weight excluding hydrogens is 235 g/mol. The van der Waals surface area contributed by atoms with E-state index in [0.717, 1.165) is 0 Å². The fourth-order valence-corrected chi connectivity index (χ4v) is 1.59. The maximum atomic E-state index is 13.2. The van der Waals surface area contributed by atoms with Crippen LogP contribution in [0.3, 0.4) is 0 Å². The first-order chi connectivity index (χ1) is 8.60. The molecule has 0 aliphatic heterocycles. The van der Waals surface area contributed by atoms with Crippen molar-refractivity contribution in [1.82, 2.24) is 9.97 Å². The summed E-state index contributed by atoms with van der Waals surface area (Å²) in [7, 11) is 1.45. The molecule has 2 aromatic rings. The number of hydrogen-bond donors (Lipinski definition) is 0. The zero-order chi connectivity index (χ0) is 13.1. The Morgan fingerprint density at radius 2 is 2.00 bits per heavy atom. The lowest BCUT2D eigenvalue weighted by molar-refractivity contribution is 0.103. The van der Waals surface area contributed by atoms with E-state index < -0.39 is 5.82 Å². The molecular formula is C13H11FN2O2. The van der Waals surface area contributed by atoms with E-state index in [1.807, 2.05) is 0 Å². The Balaban J connectivity index is 2.41. The number of carbonyl (C=O) groups is 1. The van der Waals surface area contributed by atoms with Gasteiger partial charge in [-0.15, -0.1) is 0 Å². The molecule has 0 amide bonds. The van der Waals surface area contributed by atoms with Crippen LogP contribution in [0.5, 0.6) is 5.88 Å². The molecule has 0 aliphatic rings. The zero-order valence-electron chi connectivity index (χ0n) is 9.98. The van der Waals surface area contributed by atoms with Crippen LogP contribution < -0.4 is 4.74 Å². The maximum Gasteiger partial charge on any atom is 0.216 e. The molecule has 0 fully saturated rings. The van der Waals surface area contributed by atoms with E-state index in [1.165, 1.54) is 31.6 Å². The van der Waals surface area contributed by atoms with Gasteiger partial charge in [0.05, 0.1) is 7.11 Å². The normalized spacial score (nSPS) is 10.2. The average Bonchev–Trinajstić information content (AvgIpc) is 2.37. The number of methoxy groups -OCH3 is 1. The number of ether oxygens (including phenoxy) is 1. The molecule has 0 N–H and O–H groups in total. The smallest absolute Gasteiger partial charge is 0.216 e. The second kappa shape index (κ2) is 4.91. The van der Waals surface area contributed by atoms with E-state index >= 15 is 0 Å². The fraction of sp³-hybridized carbons (Fsp3) is 0.154. The summed E-state index contributed by atoms with van der Waals surface area (Å²) >= 11 is 0. The van der Waals surface area contributed by atoms with Crippen LogP contribution in [0.15, 0.2) is 30.6 Å². The summed E-state index contributed by atoms with van der Waals surface area (Å²) in [6.07, 6.45) is 1.23. The molecule has 1 aromatic carbocycles. The van der Waals surface area contributed by atoms with E-state index in [4.69, 9.17) is 4.74 Å². The largest absolute Gasteiger partial charge is 0.481 e. The van der Waals surface area contributed by atoms with E-state index in [0.29, 0.717) is 11.4 Å². The minimum Gasteiger partial charge on any atom is -0.481 e. The number of aryl methyl sites for hydroxylation is 1. The summed E-state index contributed by atoms with van der Waals surface area (Å²) in [5, 5.41) is 0. The first-order valence-electron chi connectivity index (χ1n) is 5.28. The highest BCUT2D eigenvalue weighted by Crippen LogP contribution is 2.14. The average molecular weight is 246 g/mol. The predicted octanol–water partition coefficient (Wildman–Crippen LogP) is 2.16. The third-order valence-electron chi connectivity index (χ3n) is 2.39. The molecule has 92 valence electrons. The minimum atomic E-state index is -0.445. The van der Waals surface area contributed by atoms with Gasteiger partial charge in [-0.05, 0) is 30.7 Å². The first-order valence-corrected chi connectivity index (χ1v) is 5.28. The molecule has 1 aromatic heterocycles. The van der Waals surface area contributed by atoms with Gasteiger partial charge >= 0.3 is 0 Å². The monoisotopic (exact) mass is 246 g/mol. The van der Waals surface area contributed by atoms with Crippen molar-refractivity contribution < 1.29 is 13.9 Å². The molecule has 0 spiro atoms. The number of nitrogens with zero attached hydrogens (tertiary/aromatic N) is 2. The lowest BCUT2D eigenvalue weighted by Gasteiger charge is -2.03. The second-order valence-electron chi connectivity index (χ2n) is 3.79. The highest BCUT2D eigenvalue weighted by Gasteiger charge is 2.13. The highest BCUT2D eigenvalue weighted by molar-refractivity contribution is 6.07. The fourth-order valence-electron chi connectivity index (χ4n) is 1.59. The molecule has 4 nitrogen and oxygen atoms in total. The number of rotatable bonds is 3. The van der Waals surface area contributed by atoms with Crippen molar-refractivity contribution >= 4 is 5.78 Å². The van der Waals surface area contributed by atoms with Crippen molar-refractivity contribution in [3.63, 3.8) is 0 Å². The van der Waals surface area contributed by atoms with E-state index in [2.05, 4.69) is 9.97 Å². The lowest BCUT2D eigenvalue weighted by Crippen LogP contribution is -2.06. The molecule has 1 heterocycles. The number of benzene rings is 1. The van der Waals surface area contributed by atoms with Gasteiger partial charge in [0.2, 0.25) is 11.7 Å². The van der Waals surface area contributed by atoms with Crippen molar-refractivity contribution in [2.24, 2.45) is 0 Å². The third-order valence-corrected chi connectivity index (χ3v) is 2.39. The van der Waals surface area contributed by atoms with Crippen LogP contribution in [0.25, 0.3) is 0 Å². The lowest BCUT2D eigenvalue weighted by atomic mass is 10.1. The van der Waals surface area contributed by atoms with Crippen molar-refractivity contribution in [2.45, 2.75) is 6.92 Å². The quantitative estimate of drug-likeness (QED) is 0.779. The molecule has 2 rings (SSSR count). The predicted molar refractivity (Wildman–Crippen MR) is 63.2 cm³/mol. The Morgan fingerprint density at radius 1 is 1.22 bits per heavy atom. The van der Waals surface area contributed by atoms with Gasteiger partial charge in [-0.3, -0.25) is 4.79 Å². The van der Waals surface area contributed by atoms with E-state index in [1.54, 1.807) is 13.0 Å². The SMILES string of the molecule is COc1cc(C(=O)c2cc(C)cc(F)c2)ncn1. The van der Waals surface area contributed by atoms with Crippen LogP contribution in [0.4, 0.5) is 4.39 Å². The molecule has 0 radical (unpaired) electrons. The van der Waals surface area contributed by atoms with Crippen LogP contribution in [-0.2, 0) is 0 Å². The van der Waals surface area contributed by atoms with Crippen LogP contribution in [0, 0.1) is 12.7 Å². The van der Waals surface area contributed by atoms with Gasteiger partial charge < -0.3 is 4.74 Å². The van der Waals surface area contributed by atoms with Gasteiger partial charge in [0.15, 0.2) is 0 Å². The summed E-state index contributed by atoms with van der Waals surface area (Å²) in [5.41, 5.74) is 1.11. The molecule has 0 aliphatic carbocycles. The van der Waals surface area contributed by atoms with Gasteiger partial charge in [-0.2, -0.15) is 0 Å². The van der Waals surface area contributed by atoms with Gasteiger partial charge in [0.25, 0.3) is 0 Å². The topological polar surface area (TPSA) is 52.1 Å². The molecule has 0 atom stereocenters. The Labute approximate surface area is 103 Å². The Bertz CT molecular complexity index is 579. The Hall–Kier alpha value is -2.30. The van der Waals surface area contributed by atoms with Gasteiger partial charge in [0.1, 0.15) is 17.8 Å². The first kappa shape index (κ1) is 12.2. The van der Waals surface area contributed by atoms with Crippen molar-refractivity contribution in [3.05, 3.63) is 53.2 Å². The maximum absolute atomic E-state index is 13.2. The molecule has 5 heteroatoms. The molecule has 0 saturated carbocycles. The van der Waals surface area contributed by atoms with Gasteiger partial charge in [-0.1, -0.05) is 0 Å². The van der Waals surface area contributed by atoms with Crippen molar-refractivity contribution in [3.8, 4) is 5.88 Å². The number of hydrogen-bond acceptors (Lipinski definition) is 4. The second-order valence-corrected chi connectivity index (χ2v) is 3.79. The standard InChI is InChI=1S/C13H11FN2O2/c1-8-3-9(5-10(14)4-8)13(17)11-6-12(18-2)16-7-15-11/h3-7H,1-2H3. The summed E-state index contributed by atoms with van der Waals surface area (Å²) in [5.74, 6) is -0.515. The number of carbonyl (C=O) groups excluding carboxylic acids is 1. The van der Waals surface area contributed by atoms with E-state index in [9.17, 15) is 9.18 Å². The Morgan fingerprint density at radius 3 is 2.67 bits per heavy atom. The number of aromatic nitrogens is 2. The van der Waals surface area contributed by atoms with Gasteiger partial charge in [0, 0.05) is 11.6 Å². The zero-order valence-corrected chi connectivity index (χ0v) is 9.98. The molecule has 18 heavy (non-hydrogen) atoms. The summed E-state index contributed by atoms with van der Waals surface area (Å²) in [4.78, 5) is 19.8. The minimum absolute atomic E-state index is 0.173. The van der Waals surface area contributed by atoms with Crippen LogP contribution in [0.2, 0.25) is 0 Å². The van der Waals surface area contributed by atoms with Crippen LogP contribution in [-0.4, -0.2) is 22.9 Å². The van der Waals surface area contributed by atoms with Gasteiger partial charge in [-0.25, -0.2) is 14.4 Å². The van der Waals surface area contributed by atoms with Crippen molar-refractivity contribution in [2.75, 3.05) is 7.11 Å². The molecule has 0 unspecified atom stereocenters. The molecule has 0 bridgehead atoms. The summed E-state index contributed by atoms with van der Waals surface area (Å²) in [6.45, 7) is 1.72. The van der Waals surface area contributed by atoms with E-state index in [-0.39, 0.29) is 17.0 Å². The third kappa shape index (κ3) is 2.51. The molecule has 0 saturated heterocycles. The summed E-state index contributed by atoms with van der Waals surface area (Å²) < 4.78 is 18.2. The Kier molecular flexibility index (Phi) is 3.32. The van der Waals surface area contributed by atoms with Crippen molar-refractivity contribution in [1.29, 1.82) is 0 Å². The summed E-state index contributed by atoms with van der Waals surface area (Å²) in [6, 6.07) is 5.57. The highest BCUT2D eigenvalue weighted by atomic mass is 19.1. The number of ketones is 1. The van der Waals surface area contributed by atoms with Crippen LogP contribution >= 0.6 is 0 Å².